The van der Waals surface area contributed by atoms with Crippen molar-refractivity contribution in [3.8, 4) is 17.0 Å². The van der Waals surface area contributed by atoms with Crippen LogP contribution in [0.4, 0.5) is 5.82 Å². The zero-order chi connectivity index (χ0) is 15.7. The van der Waals surface area contributed by atoms with E-state index in [9.17, 15) is 0 Å². The lowest BCUT2D eigenvalue weighted by Crippen LogP contribution is -2.51. The van der Waals surface area contributed by atoms with Gasteiger partial charge in [0, 0.05) is 18.7 Å². The molecule has 2 heterocycles. The Bertz CT molecular complexity index is 663. The first kappa shape index (κ1) is 14.9. The standard InChI is InChI=1S/C18H23N3O/c1-12(2)16-9-13(22-14-10-21(3)11-14)7-8-15(16)17-5-4-6-18(19)20-17/h4-9,12,14H,10-11H2,1-3H3,(H2,19,20). The van der Waals surface area contributed by atoms with Crippen molar-refractivity contribution in [3.63, 3.8) is 0 Å². The molecule has 0 aliphatic carbocycles. The van der Waals surface area contributed by atoms with Crippen molar-refractivity contribution in [2.24, 2.45) is 0 Å². The maximum Gasteiger partial charge on any atom is 0.124 e. The van der Waals surface area contributed by atoms with E-state index in [4.69, 9.17) is 10.5 Å². The summed E-state index contributed by atoms with van der Waals surface area (Å²) >= 11 is 0. The SMILES string of the molecule is CC(C)c1cc(OC2CN(C)C2)ccc1-c1cccc(N)n1. The Labute approximate surface area is 131 Å². The highest BCUT2D eigenvalue weighted by atomic mass is 16.5. The smallest absolute Gasteiger partial charge is 0.124 e. The van der Waals surface area contributed by atoms with Crippen LogP contribution in [0.25, 0.3) is 11.3 Å². The third-order valence-electron chi connectivity index (χ3n) is 4.02. The Morgan fingerprint density at radius 3 is 2.64 bits per heavy atom. The molecule has 0 radical (unpaired) electrons. The van der Waals surface area contributed by atoms with Crippen molar-refractivity contribution in [2.75, 3.05) is 25.9 Å². The Balaban J connectivity index is 1.90. The average molecular weight is 297 g/mol. The third-order valence-corrected chi connectivity index (χ3v) is 4.02. The number of pyridine rings is 1. The van der Waals surface area contributed by atoms with E-state index in [0.717, 1.165) is 30.1 Å². The number of ether oxygens (including phenoxy) is 1. The van der Waals surface area contributed by atoms with E-state index in [1.807, 2.05) is 24.3 Å². The van der Waals surface area contributed by atoms with Crippen LogP contribution in [0.15, 0.2) is 36.4 Å². The molecular formula is C18H23N3O. The molecule has 2 N–H and O–H groups in total. The number of nitrogens with two attached hydrogens (primary N) is 1. The number of rotatable bonds is 4. The van der Waals surface area contributed by atoms with E-state index in [1.54, 1.807) is 0 Å². The minimum atomic E-state index is 0.307. The number of likely N-dealkylation sites (tertiary alicyclic amines) is 1. The molecule has 22 heavy (non-hydrogen) atoms. The Morgan fingerprint density at radius 1 is 1.23 bits per heavy atom. The van der Waals surface area contributed by atoms with E-state index in [2.05, 4.69) is 42.9 Å². The van der Waals surface area contributed by atoms with Gasteiger partial charge >= 0.3 is 0 Å². The normalized spacial score (nSPS) is 15.8. The van der Waals surface area contributed by atoms with E-state index >= 15 is 0 Å². The maximum absolute atomic E-state index is 6.04. The molecule has 4 nitrogen and oxygen atoms in total. The molecular weight excluding hydrogens is 274 g/mol. The van der Waals surface area contributed by atoms with Crippen molar-refractivity contribution < 1.29 is 4.74 Å². The summed E-state index contributed by atoms with van der Waals surface area (Å²) in [5.41, 5.74) is 9.10. The average Bonchev–Trinajstić information content (AvgIpc) is 2.45. The van der Waals surface area contributed by atoms with Gasteiger partial charge in [0.2, 0.25) is 0 Å². The molecule has 1 aliphatic heterocycles. The first-order chi connectivity index (χ1) is 10.5. The van der Waals surface area contributed by atoms with Gasteiger partial charge in [0.05, 0.1) is 5.69 Å². The van der Waals surface area contributed by atoms with Crippen LogP contribution in [0.2, 0.25) is 0 Å². The number of anilines is 1. The topological polar surface area (TPSA) is 51.4 Å². The number of likely N-dealkylation sites (N-methyl/N-ethyl adjacent to an activating group) is 1. The lowest BCUT2D eigenvalue weighted by atomic mass is 9.94. The number of benzene rings is 1. The summed E-state index contributed by atoms with van der Waals surface area (Å²) in [4.78, 5) is 6.69. The van der Waals surface area contributed by atoms with Crippen LogP contribution in [0.3, 0.4) is 0 Å². The Hall–Kier alpha value is -2.07. The molecule has 116 valence electrons. The number of nitrogens with zero attached hydrogens (tertiary/aromatic N) is 2. The minimum Gasteiger partial charge on any atom is -0.488 e. The minimum absolute atomic E-state index is 0.307. The number of hydrogen-bond acceptors (Lipinski definition) is 4. The first-order valence-electron chi connectivity index (χ1n) is 7.75. The van der Waals surface area contributed by atoms with E-state index in [-0.39, 0.29) is 0 Å². The van der Waals surface area contributed by atoms with Gasteiger partial charge in [-0.05, 0) is 48.9 Å². The predicted octanol–water partition coefficient (Wildman–Crippen LogP) is 3.15. The van der Waals surface area contributed by atoms with E-state index in [0.29, 0.717) is 17.8 Å². The molecule has 1 aromatic carbocycles. The molecule has 0 atom stereocenters. The van der Waals surface area contributed by atoms with Crippen LogP contribution in [-0.4, -0.2) is 36.1 Å². The van der Waals surface area contributed by atoms with Gasteiger partial charge in [0.15, 0.2) is 0 Å². The highest BCUT2D eigenvalue weighted by Gasteiger charge is 2.25. The summed E-state index contributed by atoms with van der Waals surface area (Å²) in [7, 11) is 2.11. The van der Waals surface area contributed by atoms with Crippen molar-refractivity contribution in [1.82, 2.24) is 9.88 Å². The van der Waals surface area contributed by atoms with Crippen LogP contribution in [0.5, 0.6) is 5.75 Å². The third kappa shape index (κ3) is 3.07. The molecule has 1 aliphatic rings. The Morgan fingerprint density at radius 2 is 2.00 bits per heavy atom. The van der Waals surface area contributed by atoms with Gasteiger partial charge in [-0.1, -0.05) is 19.9 Å². The molecule has 2 aromatic rings. The zero-order valence-corrected chi connectivity index (χ0v) is 13.4. The molecule has 0 saturated carbocycles. The fourth-order valence-corrected chi connectivity index (χ4v) is 2.84. The van der Waals surface area contributed by atoms with Crippen LogP contribution in [0.1, 0.15) is 25.3 Å². The van der Waals surface area contributed by atoms with Gasteiger partial charge in [-0.2, -0.15) is 0 Å². The molecule has 1 fully saturated rings. The van der Waals surface area contributed by atoms with Crippen LogP contribution in [0, 0.1) is 0 Å². The fourth-order valence-electron chi connectivity index (χ4n) is 2.84. The van der Waals surface area contributed by atoms with E-state index < -0.39 is 0 Å². The maximum atomic E-state index is 6.04. The molecule has 3 rings (SSSR count). The summed E-state index contributed by atoms with van der Waals surface area (Å²) < 4.78 is 6.04. The highest BCUT2D eigenvalue weighted by molar-refractivity contribution is 5.67. The van der Waals surface area contributed by atoms with Gasteiger partial charge in [0.25, 0.3) is 0 Å². The number of hydrogen-bond donors (Lipinski definition) is 1. The zero-order valence-electron chi connectivity index (χ0n) is 13.4. The second kappa shape index (κ2) is 5.97. The van der Waals surface area contributed by atoms with Crippen LogP contribution < -0.4 is 10.5 Å². The molecule has 0 bridgehead atoms. The predicted molar refractivity (Wildman–Crippen MR) is 90.1 cm³/mol. The number of aromatic nitrogens is 1. The summed E-state index contributed by atoms with van der Waals surface area (Å²) in [5, 5.41) is 0. The first-order valence-corrected chi connectivity index (χ1v) is 7.75. The van der Waals surface area contributed by atoms with Gasteiger partial charge in [-0.25, -0.2) is 4.98 Å². The lowest BCUT2D eigenvalue weighted by molar-refractivity contribution is 0.0388. The van der Waals surface area contributed by atoms with Crippen LogP contribution >= 0.6 is 0 Å². The second-order valence-electron chi connectivity index (χ2n) is 6.31. The number of nitrogen functional groups attached to an aromatic ring is 1. The monoisotopic (exact) mass is 297 g/mol. The summed E-state index contributed by atoms with van der Waals surface area (Å²) in [5.74, 6) is 1.88. The largest absolute Gasteiger partial charge is 0.488 e. The van der Waals surface area contributed by atoms with Crippen molar-refractivity contribution in [2.45, 2.75) is 25.9 Å². The Kier molecular flexibility index (Phi) is 4.03. The van der Waals surface area contributed by atoms with Crippen molar-refractivity contribution in [1.29, 1.82) is 0 Å². The van der Waals surface area contributed by atoms with Gasteiger partial charge < -0.3 is 10.5 Å². The van der Waals surface area contributed by atoms with Gasteiger partial charge in [-0.3, -0.25) is 4.90 Å². The van der Waals surface area contributed by atoms with Crippen molar-refractivity contribution in [3.05, 3.63) is 42.0 Å². The second-order valence-corrected chi connectivity index (χ2v) is 6.31. The molecule has 0 amide bonds. The molecule has 4 heteroatoms. The van der Waals surface area contributed by atoms with Gasteiger partial charge in [0.1, 0.15) is 17.7 Å². The van der Waals surface area contributed by atoms with E-state index in [1.165, 1.54) is 5.56 Å². The summed E-state index contributed by atoms with van der Waals surface area (Å²) in [6, 6.07) is 12.0. The van der Waals surface area contributed by atoms with Gasteiger partial charge in [-0.15, -0.1) is 0 Å². The summed E-state index contributed by atoms with van der Waals surface area (Å²) in [6.45, 7) is 6.36. The summed E-state index contributed by atoms with van der Waals surface area (Å²) in [6.07, 6.45) is 0.307. The molecule has 0 spiro atoms. The van der Waals surface area contributed by atoms with Crippen LogP contribution in [-0.2, 0) is 0 Å². The quantitative estimate of drug-likeness (QED) is 0.942. The molecule has 0 unspecified atom stereocenters. The fraction of sp³-hybridized carbons (Fsp3) is 0.389. The lowest BCUT2D eigenvalue weighted by Gasteiger charge is -2.36. The molecule has 1 aromatic heterocycles. The molecule has 1 saturated heterocycles. The van der Waals surface area contributed by atoms with Crippen molar-refractivity contribution >= 4 is 5.82 Å². The highest BCUT2D eigenvalue weighted by Crippen LogP contribution is 2.32.